The maximum Gasteiger partial charge on any atom is 0.153 e. The fraction of sp³-hybridized carbons (Fsp3) is 0.500. The molecule has 0 bridgehead atoms. The van der Waals surface area contributed by atoms with Crippen molar-refractivity contribution in [1.29, 1.82) is 0 Å². The summed E-state index contributed by atoms with van der Waals surface area (Å²) in [6, 6.07) is 5.78. The first-order valence-corrected chi connectivity index (χ1v) is 5.51. The van der Waals surface area contributed by atoms with Crippen LogP contribution in [0, 0.1) is 0 Å². The number of hydrogen-bond acceptors (Lipinski definition) is 2. The van der Waals surface area contributed by atoms with Gasteiger partial charge in [-0.05, 0) is 12.1 Å². The third-order valence-electron chi connectivity index (χ3n) is 2.10. The minimum Gasteiger partial charge on any atom is -0.298 e. The van der Waals surface area contributed by atoms with Crippen molar-refractivity contribution in [2.45, 2.75) is 32.6 Å². The molecule has 0 amide bonds. The van der Waals surface area contributed by atoms with Crippen molar-refractivity contribution < 1.29 is 4.79 Å². The Hall–Kier alpha value is -0.890. The second-order valence-corrected chi connectivity index (χ2v) is 4.88. The van der Waals surface area contributed by atoms with Gasteiger partial charge in [-0.15, -0.1) is 11.6 Å². The molecule has 0 aliphatic heterocycles. The van der Waals surface area contributed by atoms with Crippen molar-refractivity contribution >= 4 is 17.4 Å². The normalized spacial score (nSPS) is 11.5. The highest BCUT2D eigenvalue weighted by Gasteiger charge is 2.15. The van der Waals surface area contributed by atoms with Crippen LogP contribution in [0.1, 0.15) is 32.2 Å². The molecular weight excluding hydrogens is 210 g/mol. The monoisotopic (exact) mass is 225 g/mol. The minimum atomic E-state index is 0.00947. The molecule has 0 fully saturated rings. The summed E-state index contributed by atoms with van der Waals surface area (Å²) >= 11 is 5.45. The van der Waals surface area contributed by atoms with Crippen molar-refractivity contribution in [3.8, 4) is 0 Å². The van der Waals surface area contributed by atoms with Crippen LogP contribution in [0.2, 0.25) is 0 Å². The number of alkyl halides is 1. The Balaban J connectivity index is 2.88. The van der Waals surface area contributed by atoms with Crippen molar-refractivity contribution in [3.05, 3.63) is 29.6 Å². The van der Waals surface area contributed by atoms with E-state index in [0.29, 0.717) is 6.42 Å². The maximum atomic E-state index is 11.2. The van der Waals surface area contributed by atoms with Gasteiger partial charge in [-0.3, -0.25) is 9.78 Å². The summed E-state index contributed by atoms with van der Waals surface area (Å²) in [6.45, 7) is 6.30. The van der Waals surface area contributed by atoms with E-state index in [1.807, 2.05) is 18.2 Å². The van der Waals surface area contributed by atoms with Gasteiger partial charge in [0, 0.05) is 23.2 Å². The summed E-state index contributed by atoms with van der Waals surface area (Å²) in [5, 5.41) is 0. The minimum absolute atomic E-state index is 0.00947. The van der Waals surface area contributed by atoms with Crippen molar-refractivity contribution in [2.75, 3.05) is 5.88 Å². The van der Waals surface area contributed by atoms with Crippen LogP contribution >= 0.6 is 11.6 Å². The van der Waals surface area contributed by atoms with E-state index in [2.05, 4.69) is 25.8 Å². The topological polar surface area (TPSA) is 30.0 Å². The molecule has 0 unspecified atom stereocenters. The van der Waals surface area contributed by atoms with Crippen LogP contribution in [-0.4, -0.2) is 16.6 Å². The number of Topliss-reactive ketones (excluding diaryl/α,β-unsaturated/α-hetero) is 1. The van der Waals surface area contributed by atoms with E-state index in [-0.39, 0.29) is 17.1 Å². The predicted molar refractivity (Wildman–Crippen MR) is 62.4 cm³/mol. The summed E-state index contributed by atoms with van der Waals surface area (Å²) in [6.07, 6.45) is 0.327. The fourth-order valence-electron chi connectivity index (χ4n) is 1.24. The molecule has 1 heterocycles. The number of pyridine rings is 1. The van der Waals surface area contributed by atoms with Gasteiger partial charge in [-0.25, -0.2) is 0 Å². The van der Waals surface area contributed by atoms with E-state index in [1.165, 1.54) is 0 Å². The summed E-state index contributed by atoms with van der Waals surface area (Å²) in [5.74, 6) is 0.0664. The number of hydrogen-bond donors (Lipinski definition) is 0. The third-order valence-corrected chi connectivity index (χ3v) is 2.40. The molecule has 3 heteroatoms. The van der Waals surface area contributed by atoms with Crippen LogP contribution in [0.15, 0.2) is 18.2 Å². The van der Waals surface area contributed by atoms with E-state index >= 15 is 0 Å². The first kappa shape index (κ1) is 12.2. The van der Waals surface area contributed by atoms with Crippen LogP contribution in [0.25, 0.3) is 0 Å². The molecule has 0 radical (unpaired) electrons. The Morgan fingerprint density at radius 2 is 2.07 bits per heavy atom. The molecule has 0 atom stereocenters. The van der Waals surface area contributed by atoms with Crippen LogP contribution in [0.3, 0.4) is 0 Å². The van der Waals surface area contributed by atoms with E-state index < -0.39 is 0 Å². The van der Waals surface area contributed by atoms with E-state index in [0.717, 1.165) is 11.4 Å². The summed E-state index contributed by atoms with van der Waals surface area (Å²) < 4.78 is 0. The highest BCUT2D eigenvalue weighted by Crippen LogP contribution is 2.19. The SMILES string of the molecule is CC(C)(C)c1cccc(CC(=O)CCl)n1. The number of carbonyl (C=O) groups is 1. The van der Waals surface area contributed by atoms with Crippen molar-refractivity contribution in [1.82, 2.24) is 4.98 Å². The molecule has 0 spiro atoms. The molecule has 0 N–H and O–H groups in total. The zero-order valence-corrected chi connectivity index (χ0v) is 10.1. The first-order chi connectivity index (χ1) is 6.93. The van der Waals surface area contributed by atoms with Gasteiger partial charge in [0.1, 0.15) is 0 Å². The smallest absolute Gasteiger partial charge is 0.153 e. The maximum absolute atomic E-state index is 11.2. The quantitative estimate of drug-likeness (QED) is 0.741. The largest absolute Gasteiger partial charge is 0.298 e. The third kappa shape index (κ3) is 3.63. The molecule has 0 saturated heterocycles. The van der Waals surface area contributed by atoms with Crippen LogP contribution in [0.4, 0.5) is 0 Å². The molecule has 0 aliphatic rings. The summed E-state index contributed by atoms with van der Waals surface area (Å²) in [7, 11) is 0. The van der Waals surface area contributed by atoms with E-state index in [4.69, 9.17) is 11.6 Å². The standard InChI is InChI=1S/C12H16ClNO/c1-12(2,3)11-6-4-5-9(14-11)7-10(15)8-13/h4-6H,7-8H2,1-3H3. The zero-order valence-electron chi connectivity index (χ0n) is 9.38. The van der Waals surface area contributed by atoms with Gasteiger partial charge < -0.3 is 0 Å². The molecule has 1 aromatic rings. The Bertz CT molecular complexity index is 355. The van der Waals surface area contributed by atoms with Gasteiger partial charge in [0.25, 0.3) is 0 Å². The van der Waals surface area contributed by atoms with Gasteiger partial charge in [0.05, 0.1) is 5.88 Å². The van der Waals surface area contributed by atoms with Gasteiger partial charge in [0.15, 0.2) is 5.78 Å². The summed E-state index contributed by atoms with van der Waals surface area (Å²) in [5.41, 5.74) is 1.82. The second kappa shape index (κ2) is 4.75. The molecule has 0 saturated carbocycles. The highest BCUT2D eigenvalue weighted by atomic mass is 35.5. The van der Waals surface area contributed by atoms with Gasteiger partial charge in [-0.1, -0.05) is 26.8 Å². The molecule has 1 rings (SSSR count). The average Bonchev–Trinajstić information content (AvgIpc) is 2.17. The number of aromatic nitrogens is 1. The van der Waals surface area contributed by atoms with Crippen LogP contribution in [0.5, 0.6) is 0 Å². The van der Waals surface area contributed by atoms with Crippen LogP contribution in [-0.2, 0) is 16.6 Å². The Labute approximate surface area is 95.7 Å². The lowest BCUT2D eigenvalue weighted by Crippen LogP contribution is -2.15. The average molecular weight is 226 g/mol. The second-order valence-electron chi connectivity index (χ2n) is 4.61. The Kier molecular flexibility index (Phi) is 3.86. The summed E-state index contributed by atoms with van der Waals surface area (Å²) in [4.78, 5) is 15.6. The lowest BCUT2D eigenvalue weighted by Gasteiger charge is -2.18. The zero-order chi connectivity index (χ0) is 11.5. The van der Waals surface area contributed by atoms with Gasteiger partial charge in [-0.2, -0.15) is 0 Å². The molecule has 82 valence electrons. The predicted octanol–water partition coefficient (Wildman–Crippen LogP) is 2.73. The fourth-order valence-corrected chi connectivity index (χ4v) is 1.34. The number of rotatable bonds is 3. The number of halogens is 1. The molecule has 1 aromatic heterocycles. The number of ketones is 1. The van der Waals surface area contributed by atoms with Gasteiger partial charge >= 0.3 is 0 Å². The van der Waals surface area contributed by atoms with Crippen molar-refractivity contribution in [3.63, 3.8) is 0 Å². The first-order valence-electron chi connectivity index (χ1n) is 4.97. The lowest BCUT2D eigenvalue weighted by molar-refractivity contribution is -0.116. The Morgan fingerprint density at radius 1 is 1.40 bits per heavy atom. The highest BCUT2D eigenvalue weighted by molar-refractivity contribution is 6.27. The lowest BCUT2D eigenvalue weighted by atomic mass is 9.91. The van der Waals surface area contributed by atoms with Crippen LogP contribution < -0.4 is 0 Å². The number of nitrogens with zero attached hydrogens (tertiary/aromatic N) is 1. The van der Waals surface area contributed by atoms with Gasteiger partial charge in [0.2, 0.25) is 0 Å². The van der Waals surface area contributed by atoms with E-state index in [1.54, 1.807) is 0 Å². The molecular formula is C12H16ClNO. The van der Waals surface area contributed by atoms with Crippen molar-refractivity contribution in [2.24, 2.45) is 0 Å². The van der Waals surface area contributed by atoms with E-state index in [9.17, 15) is 4.79 Å². The number of carbonyl (C=O) groups excluding carboxylic acids is 1. The Morgan fingerprint density at radius 3 is 2.60 bits per heavy atom. The molecule has 0 aliphatic carbocycles. The molecule has 0 aromatic carbocycles. The molecule has 2 nitrogen and oxygen atoms in total. The molecule has 15 heavy (non-hydrogen) atoms.